The summed E-state index contributed by atoms with van der Waals surface area (Å²) < 4.78 is 7.51. The van der Waals surface area contributed by atoms with Crippen molar-refractivity contribution in [2.75, 3.05) is 0 Å². The van der Waals surface area contributed by atoms with Crippen molar-refractivity contribution in [3.8, 4) is 5.75 Å². The number of benzene rings is 1. The zero-order valence-corrected chi connectivity index (χ0v) is 11.4. The third-order valence-electron chi connectivity index (χ3n) is 2.87. The Hall–Kier alpha value is -1.88. The number of ether oxygens (including phenoxy) is 1. The van der Waals surface area contributed by atoms with Crippen molar-refractivity contribution in [1.29, 1.82) is 0 Å². The van der Waals surface area contributed by atoms with Gasteiger partial charge in [0.25, 0.3) is 0 Å². The fourth-order valence-corrected chi connectivity index (χ4v) is 1.80. The van der Waals surface area contributed by atoms with E-state index in [0.29, 0.717) is 6.61 Å². The Morgan fingerprint density at radius 2 is 1.89 bits per heavy atom. The van der Waals surface area contributed by atoms with Crippen LogP contribution in [0.25, 0.3) is 0 Å². The zero-order valence-electron chi connectivity index (χ0n) is 11.4. The molecule has 1 aromatic heterocycles. The second kappa shape index (κ2) is 5.84. The Labute approximate surface area is 112 Å². The van der Waals surface area contributed by atoms with Gasteiger partial charge in [-0.15, -0.1) is 0 Å². The molecule has 0 saturated heterocycles. The highest BCUT2D eigenvalue weighted by molar-refractivity contribution is 5.28. The summed E-state index contributed by atoms with van der Waals surface area (Å²) in [5.74, 6) is 1.55. The summed E-state index contributed by atoms with van der Waals surface area (Å²) in [7, 11) is 0. The lowest BCUT2D eigenvalue weighted by Gasteiger charge is -2.11. The maximum Gasteiger partial charge on any atom is 0.165 e. The Bertz CT molecular complexity index is 518. The SMILES string of the molecule is CC(O)c1ccc(OCc2ncnn2C(C)C)cc1. The van der Waals surface area contributed by atoms with E-state index in [1.807, 2.05) is 28.9 Å². The summed E-state index contributed by atoms with van der Waals surface area (Å²) in [4.78, 5) is 4.19. The summed E-state index contributed by atoms with van der Waals surface area (Å²) in [5.41, 5.74) is 0.873. The molecule has 19 heavy (non-hydrogen) atoms. The van der Waals surface area contributed by atoms with Gasteiger partial charge in [0.05, 0.1) is 6.10 Å². The molecule has 0 fully saturated rings. The zero-order chi connectivity index (χ0) is 13.8. The molecule has 0 radical (unpaired) electrons. The van der Waals surface area contributed by atoms with Gasteiger partial charge >= 0.3 is 0 Å². The molecule has 0 aliphatic rings. The first-order chi connectivity index (χ1) is 9.08. The maximum absolute atomic E-state index is 9.43. The molecule has 102 valence electrons. The van der Waals surface area contributed by atoms with E-state index in [2.05, 4.69) is 23.9 Å². The molecule has 0 aliphatic carbocycles. The largest absolute Gasteiger partial charge is 0.486 e. The highest BCUT2D eigenvalue weighted by atomic mass is 16.5. The van der Waals surface area contributed by atoms with Crippen molar-refractivity contribution in [2.45, 2.75) is 39.5 Å². The smallest absolute Gasteiger partial charge is 0.165 e. The number of aliphatic hydroxyl groups is 1. The average molecular weight is 261 g/mol. The lowest BCUT2D eigenvalue weighted by atomic mass is 10.1. The topological polar surface area (TPSA) is 60.2 Å². The van der Waals surface area contributed by atoms with E-state index in [-0.39, 0.29) is 6.04 Å². The molecule has 1 N–H and O–H groups in total. The standard InChI is InChI=1S/C14H19N3O2/c1-10(2)17-14(15-9-16-17)8-19-13-6-4-12(5-7-13)11(3)18/h4-7,9-11,18H,8H2,1-3H3. The van der Waals surface area contributed by atoms with Gasteiger partial charge in [0.1, 0.15) is 18.7 Å². The van der Waals surface area contributed by atoms with Crippen LogP contribution in [0.2, 0.25) is 0 Å². The minimum Gasteiger partial charge on any atom is -0.486 e. The van der Waals surface area contributed by atoms with E-state index in [9.17, 15) is 5.11 Å². The lowest BCUT2D eigenvalue weighted by Crippen LogP contribution is -2.10. The summed E-state index contributed by atoms with van der Waals surface area (Å²) >= 11 is 0. The van der Waals surface area contributed by atoms with Crippen LogP contribution >= 0.6 is 0 Å². The van der Waals surface area contributed by atoms with Crippen LogP contribution in [0.3, 0.4) is 0 Å². The van der Waals surface area contributed by atoms with Crippen LogP contribution in [-0.4, -0.2) is 19.9 Å². The highest BCUT2D eigenvalue weighted by Gasteiger charge is 2.08. The van der Waals surface area contributed by atoms with E-state index in [1.165, 1.54) is 6.33 Å². The van der Waals surface area contributed by atoms with E-state index in [1.54, 1.807) is 6.92 Å². The van der Waals surface area contributed by atoms with Crippen molar-refractivity contribution in [3.63, 3.8) is 0 Å². The van der Waals surface area contributed by atoms with Gasteiger partial charge < -0.3 is 9.84 Å². The van der Waals surface area contributed by atoms with Crippen LogP contribution in [0.4, 0.5) is 0 Å². The maximum atomic E-state index is 9.43. The van der Waals surface area contributed by atoms with Gasteiger partial charge in [-0.2, -0.15) is 5.10 Å². The molecule has 2 aromatic rings. The van der Waals surface area contributed by atoms with Crippen molar-refractivity contribution >= 4 is 0 Å². The molecule has 0 amide bonds. The van der Waals surface area contributed by atoms with Gasteiger partial charge in [-0.3, -0.25) is 0 Å². The summed E-state index contributed by atoms with van der Waals surface area (Å²) in [6.07, 6.45) is 1.08. The lowest BCUT2D eigenvalue weighted by molar-refractivity contribution is 0.199. The van der Waals surface area contributed by atoms with Crippen LogP contribution in [0, 0.1) is 0 Å². The van der Waals surface area contributed by atoms with Gasteiger partial charge in [0.15, 0.2) is 5.82 Å². The second-order valence-corrected chi connectivity index (χ2v) is 4.75. The normalized spacial score (nSPS) is 12.7. The Morgan fingerprint density at radius 1 is 1.21 bits per heavy atom. The number of hydrogen-bond acceptors (Lipinski definition) is 4. The third-order valence-corrected chi connectivity index (χ3v) is 2.87. The van der Waals surface area contributed by atoms with Crippen molar-refractivity contribution in [3.05, 3.63) is 42.0 Å². The minimum atomic E-state index is -0.460. The van der Waals surface area contributed by atoms with Gasteiger partial charge in [0, 0.05) is 6.04 Å². The number of hydrogen-bond donors (Lipinski definition) is 1. The van der Waals surface area contributed by atoms with Crippen molar-refractivity contribution in [2.24, 2.45) is 0 Å². The van der Waals surface area contributed by atoms with Crippen LogP contribution in [-0.2, 0) is 6.61 Å². The fourth-order valence-electron chi connectivity index (χ4n) is 1.80. The molecule has 1 heterocycles. The first-order valence-electron chi connectivity index (χ1n) is 6.37. The van der Waals surface area contributed by atoms with E-state index < -0.39 is 6.10 Å². The van der Waals surface area contributed by atoms with E-state index in [0.717, 1.165) is 17.1 Å². The summed E-state index contributed by atoms with van der Waals surface area (Å²) in [5, 5.41) is 13.6. The van der Waals surface area contributed by atoms with Crippen LogP contribution in [0.1, 0.15) is 44.3 Å². The quantitative estimate of drug-likeness (QED) is 0.898. The predicted molar refractivity (Wildman–Crippen MR) is 71.8 cm³/mol. The first-order valence-corrected chi connectivity index (χ1v) is 6.37. The molecule has 0 aliphatic heterocycles. The summed E-state index contributed by atoms with van der Waals surface area (Å²) in [6, 6.07) is 7.66. The Morgan fingerprint density at radius 3 is 2.47 bits per heavy atom. The molecule has 1 atom stereocenters. The van der Waals surface area contributed by atoms with Crippen LogP contribution in [0.15, 0.2) is 30.6 Å². The Balaban J connectivity index is 2.00. The molecule has 5 heteroatoms. The molecule has 1 unspecified atom stereocenters. The molecule has 5 nitrogen and oxygen atoms in total. The minimum absolute atomic E-state index is 0.263. The molecule has 0 spiro atoms. The Kier molecular flexibility index (Phi) is 4.16. The molecular formula is C14H19N3O2. The third kappa shape index (κ3) is 3.32. The fraction of sp³-hybridized carbons (Fsp3) is 0.429. The van der Waals surface area contributed by atoms with Crippen molar-refractivity contribution in [1.82, 2.24) is 14.8 Å². The monoisotopic (exact) mass is 261 g/mol. The molecule has 2 rings (SSSR count). The molecule has 0 bridgehead atoms. The highest BCUT2D eigenvalue weighted by Crippen LogP contribution is 2.18. The number of aliphatic hydroxyl groups excluding tert-OH is 1. The number of aromatic nitrogens is 3. The number of rotatable bonds is 5. The van der Waals surface area contributed by atoms with E-state index >= 15 is 0 Å². The van der Waals surface area contributed by atoms with Gasteiger partial charge in [-0.05, 0) is 38.5 Å². The first kappa shape index (κ1) is 13.5. The second-order valence-electron chi connectivity index (χ2n) is 4.75. The molecule has 0 saturated carbocycles. The van der Waals surface area contributed by atoms with Gasteiger partial charge in [-0.25, -0.2) is 9.67 Å². The van der Waals surface area contributed by atoms with Gasteiger partial charge in [0.2, 0.25) is 0 Å². The average Bonchev–Trinajstić information content (AvgIpc) is 2.85. The molecular weight excluding hydrogens is 242 g/mol. The van der Waals surface area contributed by atoms with E-state index in [4.69, 9.17) is 4.74 Å². The van der Waals surface area contributed by atoms with Crippen LogP contribution < -0.4 is 4.74 Å². The summed E-state index contributed by atoms with van der Waals surface area (Å²) in [6.45, 7) is 6.22. The molecule has 1 aromatic carbocycles. The van der Waals surface area contributed by atoms with Crippen LogP contribution in [0.5, 0.6) is 5.75 Å². The van der Waals surface area contributed by atoms with Crippen molar-refractivity contribution < 1.29 is 9.84 Å². The predicted octanol–water partition coefficient (Wildman–Crippen LogP) is 2.49. The van der Waals surface area contributed by atoms with Gasteiger partial charge in [-0.1, -0.05) is 12.1 Å². The number of nitrogens with zero attached hydrogens (tertiary/aromatic N) is 3.